The van der Waals surface area contributed by atoms with Crippen molar-refractivity contribution in [2.75, 3.05) is 32.8 Å². The van der Waals surface area contributed by atoms with E-state index in [1.54, 1.807) is 12.1 Å². The zero-order chi connectivity index (χ0) is 15.5. The smallest absolute Gasteiger partial charge is 0.242 e. The summed E-state index contributed by atoms with van der Waals surface area (Å²) in [6, 6.07) is 5.97. The SMILES string of the molecule is C[C@@H]1CN(C(=O)[C@@H]2COCCN2)C[C@@H](c2ccc(F)cc2)O1. The van der Waals surface area contributed by atoms with Crippen LogP contribution in [-0.4, -0.2) is 55.8 Å². The second-order valence-electron chi connectivity index (χ2n) is 5.81. The number of benzene rings is 1. The van der Waals surface area contributed by atoms with E-state index in [1.807, 2.05) is 11.8 Å². The molecule has 0 radical (unpaired) electrons. The monoisotopic (exact) mass is 308 g/mol. The van der Waals surface area contributed by atoms with Gasteiger partial charge in [-0.05, 0) is 24.6 Å². The molecule has 2 fully saturated rings. The van der Waals surface area contributed by atoms with Crippen molar-refractivity contribution >= 4 is 5.91 Å². The van der Waals surface area contributed by atoms with Crippen molar-refractivity contribution in [1.82, 2.24) is 10.2 Å². The van der Waals surface area contributed by atoms with Gasteiger partial charge in [-0.25, -0.2) is 4.39 Å². The predicted molar refractivity (Wildman–Crippen MR) is 78.9 cm³/mol. The van der Waals surface area contributed by atoms with Crippen molar-refractivity contribution in [1.29, 1.82) is 0 Å². The lowest BCUT2D eigenvalue weighted by Crippen LogP contribution is -2.56. The van der Waals surface area contributed by atoms with Gasteiger partial charge in [0.2, 0.25) is 5.91 Å². The third kappa shape index (κ3) is 3.45. The van der Waals surface area contributed by atoms with Crippen molar-refractivity contribution in [3.05, 3.63) is 35.6 Å². The Morgan fingerprint density at radius 2 is 2.09 bits per heavy atom. The average molecular weight is 308 g/mol. The normalized spacial score (nSPS) is 29.4. The maximum Gasteiger partial charge on any atom is 0.242 e. The summed E-state index contributed by atoms with van der Waals surface area (Å²) in [7, 11) is 0. The van der Waals surface area contributed by atoms with E-state index < -0.39 is 0 Å². The Morgan fingerprint density at radius 1 is 1.32 bits per heavy atom. The summed E-state index contributed by atoms with van der Waals surface area (Å²) in [4.78, 5) is 14.4. The molecule has 2 heterocycles. The number of hydrogen-bond donors (Lipinski definition) is 1. The number of nitrogens with one attached hydrogen (secondary N) is 1. The van der Waals surface area contributed by atoms with Gasteiger partial charge < -0.3 is 19.7 Å². The number of rotatable bonds is 2. The molecule has 0 saturated carbocycles. The molecule has 0 aliphatic carbocycles. The van der Waals surface area contributed by atoms with Crippen molar-refractivity contribution in [2.24, 2.45) is 0 Å². The maximum atomic E-state index is 13.1. The topological polar surface area (TPSA) is 50.8 Å². The fourth-order valence-electron chi connectivity index (χ4n) is 2.94. The summed E-state index contributed by atoms with van der Waals surface area (Å²) in [5.41, 5.74) is 0.888. The standard InChI is InChI=1S/C16H21FN2O3/c1-11-8-19(16(20)14-10-21-7-6-18-14)9-15(22-11)12-2-4-13(17)5-3-12/h2-5,11,14-15,18H,6-10H2,1H3/t11-,14+,15+/m1/s1. The number of ether oxygens (including phenoxy) is 2. The van der Waals surface area contributed by atoms with Crippen LogP contribution in [0, 0.1) is 5.82 Å². The summed E-state index contributed by atoms with van der Waals surface area (Å²) < 4.78 is 24.3. The largest absolute Gasteiger partial charge is 0.378 e. The molecule has 1 N–H and O–H groups in total. The Morgan fingerprint density at radius 3 is 2.77 bits per heavy atom. The van der Waals surface area contributed by atoms with Crippen LogP contribution in [0.25, 0.3) is 0 Å². The van der Waals surface area contributed by atoms with Gasteiger partial charge in [-0.1, -0.05) is 12.1 Å². The van der Waals surface area contributed by atoms with E-state index in [4.69, 9.17) is 9.47 Å². The molecule has 1 aromatic rings. The van der Waals surface area contributed by atoms with Crippen LogP contribution in [-0.2, 0) is 14.3 Å². The molecular formula is C16H21FN2O3. The van der Waals surface area contributed by atoms with Gasteiger partial charge in [0.15, 0.2) is 0 Å². The van der Waals surface area contributed by atoms with E-state index in [2.05, 4.69) is 5.32 Å². The van der Waals surface area contributed by atoms with Crippen LogP contribution in [0.2, 0.25) is 0 Å². The summed E-state index contributed by atoms with van der Waals surface area (Å²) >= 11 is 0. The fourth-order valence-corrected chi connectivity index (χ4v) is 2.94. The summed E-state index contributed by atoms with van der Waals surface area (Å²) in [5, 5.41) is 3.19. The lowest BCUT2D eigenvalue weighted by atomic mass is 10.1. The van der Waals surface area contributed by atoms with Gasteiger partial charge in [0.25, 0.3) is 0 Å². The van der Waals surface area contributed by atoms with Gasteiger partial charge in [0, 0.05) is 13.1 Å². The molecular weight excluding hydrogens is 287 g/mol. The number of carbonyl (C=O) groups is 1. The molecule has 1 aromatic carbocycles. The Balaban J connectivity index is 1.70. The Labute approximate surface area is 129 Å². The Hall–Kier alpha value is -1.50. The molecule has 0 spiro atoms. The highest BCUT2D eigenvalue weighted by Crippen LogP contribution is 2.26. The van der Waals surface area contributed by atoms with Crippen molar-refractivity contribution < 1.29 is 18.7 Å². The lowest BCUT2D eigenvalue weighted by Gasteiger charge is -2.39. The van der Waals surface area contributed by atoms with E-state index in [1.165, 1.54) is 12.1 Å². The highest BCUT2D eigenvalue weighted by Gasteiger charge is 2.33. The fraction of sp³-hybridized carbons (Fsp3) is 0.562. The Bertz CT molecular complexity index is 517. The van der Waals surface area contributed by atoms with Crippen LogP contribution in [0.3, 0.4) is 0 Å². The molecule has 0 aromatic heterocycles. The van der Waals surface area contributed by atoms with Crippen LogP contribution in [0.4, 0.5) is 4.39 Å². The second kappa shape index (κ2) is 6.73. The van der Waals surface area contributed by atoms with Gasteiger partial charge in [0.05, 0.1) is 25.9 Å². The number of morpholine rings is 2. The highest BCUT2D eigenvalue weighted by atomic mass is 19.1. The van der Waals surface area contributed by atoms with Crippen LogP contribution in [0.1, 0.15) is 18.6 Å². The second-order valence-corrected chi connectivity index (χ2v) is 5.81. The van der Waals surface area contributed by atoms with E-state index in [-0.39, 0.29) is 30.0 Å². The first kappa shape index (κ1) is 15.4. The molecule has 0 unspecified atom stereocenters. The van der Waals surface area contributed by atoms with E-state index in [9.17, 15) is 9.18 Å². The number of amides is 1. The molecule has 2 saturated heterocycles. The highest BCUT2D eigenvalue weighted by molar-refractivity contribution is 5.82. The molecule has 6 heteroatoms. The number of halogens is 1. The quantitative estimate of drug-likeness (QED) is 0.889. The van der Waals surface area contributed by atoms with Gasteiger partial charge in [-0.3, -0.25) is 4.79 Å². The third-order valence-corrected chi connectivity index (χ3v) is 4.03. The van der Waals surface area contributed by atoms with Crippen LogP contribution >= 0.6 is 0 Å². The average Bonchev–Trinajstić information content (AvgIpc) is 2.55. The first-order valence-electron chi connectivity index (χ1n) is 7.64. The first-order chi connectivity index (χ1) is 10.6. The van der Waals surface area contributed by atoms with Crippen LogP contribution < -0.4 is 5.32 Å². The molecule has 2 aliphatic rings. The molecule has 22 heavy (non-hydrogen) atoms. The van der Waals surface area contributed by atoms with Gasteiger partial charge in [0.1, 0.15) is 18.0 Å². The minimum atomic E-state index is -0.284. The minimum Gasteiger partial charge on any atom is -0.378 e. The predicted octanol–water partition coefficient (Wildman–Crippen LogP) is 1.10. The summed E-state index contributed by atoms with van der Waals surface area (Å²) in [6.45, 7) is 4.73. The van der Waals surface area contributed by atoms with Gasteiger partial charge in [-0.2, -0.15) is 0 Å². The first-order valence-corrected chi connectivity index (χ1v) is 7.64. The maximum absolute atomic E-state index is 13.1. The molecule has 3 rings (SSSR count). The van der Waals surface area contributed by atoms with Crippen molar-refractivity contribution in [2.45, 2.75) is 25.2 Å². The molecule has 3 atom stereocenters. The third-order valence-electron chi connectivity index (χ3n) is 4.03. The summed E-state index contributed by atoms with van der Waals surface area (Å²) in [6.07, 6.45) is -0.282. The zero-order valence-corrected chi connectivity index (χ0v) is 12.6. The van der Waals surface area contributed by atoms with Gasteiger partial charge in [-0.15, -0.1) is 0 Å². The summed E-state index contributed by atoms with van der Waals surface area (Å²) in [5.74, 6) is -0.231. The van der Waals surface area contributed by atoms with E-state index >= 15 is 0 Å². The minimum absolute atomic E-state index is 0.0435. The number of hydrogen-bond acceptors (Lipinski definition) is 4. The van der Waals surface area contributed by atoms with Crippen LogP contribution in [0.15, 0.2) is 24.3 Å². The van der Waals surface area contributed by atoms with E-state index in [0.29, 0.717) is 32.8 Å². The molecule has 120 valence electrons. The molecule has 1 amide bonds. The zero-order valence-electron chi connectivity index (χ0n) is 12.6. The lowest BCUT2D eigenvalue weighted by molar-refractivity contribution is -0.149. The molecule has 2 aliphatic heterocycles. The number of nitrogens with zero attached hydrogens (tertiary/aromatic N) is 1. The Kier molecular flexibility index (Phi) is 4.71. The van der Waals surface area contributed by atoms with Crippen LogP contribution in [0.5, 0.6) is 0 Å². The number of carbonyl (C=O) groups excluding carboxylic acids is 1. The van der Waals surface area contributed by atoms with E-state index in [0.717, 1.165) is 5.56 Å². The molecule has 0 bridgehead atoms. The van der Waals surface area contributed by atoms with Crippen molar-refractivity contribution in [3.8, 4) is 0 Å². The van der Waals surface area contributed by atoms with Crippen molar-refractivity contribution in [3.63, 3.8) is 0 Å². The molecule has 5 nitrogen and oxygen atoms in total. The van der Waals surface area contributed by atoms with Gasteiger partial charge >= 0.3 is 0 Å².